The molecule has 2 N–H and O–H groups in total. The number of benzene rings is 2. The summed E-state index contributed by atoms with van der Waals surface area (Å²) in [5.74, 6) is -2.08. The third-order valence-electron chi connectivity index (χ3n) is 10.8. The number of methoxy groups -OCH3 is 1. The molecule has 1 spiro atoms. The Bertz CT molecular complexity index is 2060. The van der Waals surface area contributed by atoms with Crippen LogP contribution < -0.4 is 15.4 Å². The van der Waals surface area contributed by atoms with E-state index in [1.165, 1.54) is 7.11 Å². The molecule has 6 heterocycles. The predicted octanol–water partition coefficient (Wildman–Crippen LogP) is 6.18. The summed E-state index contributed by atoms with van der Waals surface area (Å²) in [7, 11) is 1.53. The number of piperidine rings is 1. The molecule has 52 heavy (non-hydrogen) atoms. The lowest BCUT2D eigenvalue weighted by atomic mass is 9.91. The Morgan fingerprint density at radius 2 is 1.88 bits per heavy atom. The smallest absolute Gasteiger partial charge is 0.417 e. The number of ether oxygens (including phenoxy) is 3. The quantitative estimate of drug-likeness (QED) is 0.209. The summed E-state index contributed by atoms with van der Waals surface area (Å²) in [6.07, 6.45) is -4.17. The number of anilines is 2. The third kappa shape index (κ3) is 5.91. The molecule has 4 saturated heterocycles. The van der Waals surface area contributed by atoms with Gasteiger partial charge in [0.15, 0.2) is 10.9 Å². The zero-order chi connectivity index (χ0) is 36.6. The van der Waals surface area contributed by atoms with Crippen LogP contribution in [0.1, 0.15) is 37.7 Å². The number of hydrogen-bond donors (Lipinski definition) is 1. The second-order valence-electron chi connectivity index (χ2n) is 14.0. The highest BCUT2D eigenvalue weighted by atomic mass is 32.1. The Kier molecular flexibility index (Phi) is 8.56. The number of carbonyl (C=O) groups is 1. The zero-order valence-corrected chi connectivity index (χ0v) is 28.9. The van der Waals surface area contributed by atoms with Crippen LogP contribution in [0.15, 0.2) is 18.2 Å². The first-order chi connectivity index (χ1) is 24.8. The Balaban J connectivity index is 1.23. The topological polar surface area (TPSA) is 119 Å². The number of fused-ring (bicyclic) bond motifs is 3. The van der Waals surface area contributed by atoms with Gasteiger partial charge in [0.2, 0.25) is 0 Å². The summed E-state index contributed by atoms with van der Waals surface area (Å²) in [6.45, 7) is 2.37. The largest absolute Gasteiger partial charge is 0.461 e. The summed E-state index contributed by atoms with van der Waals surface area (Å²) in [5.41, 5.74) is 1.22. The molecule has 8 rings (SSSR count). The third-order valence-corrected chi connectivity index (χ3v) is 11.7. The van der Waals surface area contributed by atoms with E-state index >= 15 is 4.39 Å². The van der Waals surface area contributed by atoms with Gasteiger partial charge in [-0.25, -0.2) is 22.9 Å². The van der Waals surface area contributed by atoms with Gasteiger partial charge < -0.3 is 29.7 Å². The second-order valence-corrected chi connectivity index (χ2v) is 15.0. The number of thiazole rings is 1. The number of aromatic nitrogens is 3. The lowest BCUT2D eigenvalue weighted by molar-refractivity contribution is -0.137. The molecule has 1 amide bonds. The molecule has 2 aromatic heterocycles. The van der Waals surface area contributed by atoms with Gasteiger partial charge in [0, 0.05) is 69.1 Å². The second kappa shape index (κ2) is 12.8. The lowest BCUT2D eigenvalue weighted by Crippen LogP contribution is -2.47. The summed E-state index contributed by atoms with van der Waals surface area (Å²) in [5, 5.41) is -0.319. The van der Waals surface area contributed by atoms with Gasteiger partial charge >= 0.3 is 18.3 Å². The van der Waals surface area contributed by atoms with E-state index in [0.29, 0.717) is 45.5 Å². The molecule has 0 radical (unpaired) electrons. The van der Waals surface area contributed by atoms with Gasteiger partial charge in [0.25, 0.3) is 0 Å². The molecule has 0 aliphatic carbocycles. The number of rotatable bonds is 8. The summed E-state index contributed by atoms with van der Waals surface area (Å²) in [6, 6.07) is 2.50. The van der Waals surface area contributed by atoms with Gasteiger partial charge in [0.1, 0.15) is 35.5 Å². The Morgan fingerprint density at radius 3 is 2.63 bits per heavy atom. The molecule has 4 fully saturated rings. The Hall–Kier alpha value is -4.16. The van der Waals surface area contributed by atoms with Gasteiger partial charge in [-0.3, -0.25) is 4.90 Å². The number of halogens is 6. The highest BCUT2D eigenvalue weighted by molar-refractivity contribution is 7.22. The first-order valence-corrected chi connectivity index (χ1v) is 17.8. The molecule has 0 unspecified atom stereocenters. The fraction of sp³-hybridized carbons (Fsp3) is 0.529. The minimum absolute atomic E-state index is 0.000530. The van der Waals surface area contributed by atoms with Gasteiger partial charge in [0.05, 0.1) is 34.5 Å². The molecule has 11 nitrogen and oxygen atoms in total. The van der Waals surface area contributed by atoms with Crippen molar-refractivity contribution in [1.82, 2.24) is 24.8 Å². The van der Waals surface area contributed by atoms with Crippen LogP contribution in [0.2, 0.25) is 0 Å². The van der Waals surface area contributed by atoms with Crippen molar-refractivity contribution >= 4 is 49.5 Å². The van der Waals surface area contributed by atoms with Crippen LogP contribution in [0.3, 0.4) is 0 Å². The van der Waals surface area contributed by atoms with E-state index in [-0.39, 0.29) is 70.8 Å². The maximum absolute atomic E-state index is 17.0. The molecule has 0 saturated carbocycles. The fourth-order valence-electron chi connectivity index (χ4n) is 8.28. The van der Waals surface area contributed by atoms with Crippen molar-refractivity contribution in [3.63, 3.8) is 0 Å². The summed E-state index contributed by atoms with van der Waals surface area (Å²) < 4.78 is 108. The van der Waals surface area contributed by atoms with E-state index in [4.69, 9.17) is 19.9 Å². The van der Waals surface area contributed by atoms with Crippen molar-refractivity contribution in [2.45, 2.75) is 55.6 Å². The predicted molar refractivity (Wildman–Crippen MR) is 180 cm³/mol. The number of nitrogen functional groups attached to an aromatic ring is 1. The Morgan fingerprint density at radius 1 is 1.10 bits per heavy atom. The molecule has 2 aromatic carbocycles. The SMILES string of the molecule is COCCN1CC2(CCN(c3nc(OC[C@@]45CCCN4C[C@H](F)C5)nc4c(F)c(-c5ccc(F)c6sc(N)nc56)c(C(F)(F)F)cc34)CC2)OC1=O. The number of carbonyl (C=O) groups excluding carboxylic acids is 1. The van der Waals surface area contributed by atoms with Crippen LogP contribution in [0.25, 0.3) is 32.2 Å². The lowest BCUT2D eigenvalue weighted by Gasteiger charge is -2.38. The van der Waals surface area contributed by atoms with E-state index in [9.17, 15) is 26.7 Å². The molecule has 4 aromatic rings. The van der Waals surface area contributed by atoms with Crippen LogP contribution >= 0.6 is 11.3 Å². The molecule has 278 valence electrons. The van der Waals surface area contributed by atoms with Crippen molar-refractivity contribution in [3.05, 3.63) is 35.4 Å². The highest BCUT2D eigenvalue weighted by Crippen LogP contribution is 2.47. The monoisotopic (exact) mass is 751 g/mol. The van der Waals surface area contributed by atoms with E-state index in [2.05, 4.69) is 15.0 Å². The molecule has 2 atom stereocenters. The van der Waals surface area contributed by atoms with Gasteiger partial charge in [-0.15, -0.1) is 0 Å². The fourth-order valence-corrected chi connectivity index (χ4v) is 9.04. The van der Waals surface area contributed by atoms with Gasteiger partial charge in [-0.2, -0.15) is 23.1 Å². The van der Waals surface area contributed by atoms with Crippen molar-refractivity contribution in [2.75, 3.05) is 70.2 Å². The van der Waals surface area contributed by atoms with E-state index in [1.807, 2.05) is 4.90 Å². The van der Waals surface area contributed by atoms with Crippen molar-refractivity contribution in [3.8, 4) is 17.1 Å². The van der Waals surface area contributed by atoms with Gasteiger partial charge in [-0.05, 0) is 37.6 Å². The van der Waals surface area contributed by atoms with Crippen molar-refractivity contribution in [2.24, 2.45) is 0 Å². The molecule has 4 aliphatic heterocycles. The van der Waals surface area contributed by atoms with E-state index in [1.54, 1.807) is 9.80 Å². The summed E-state index contributed by atoms with van der Waals surface area (Å²) in [4.78, 5) is 30.8. The van der Waals surface area contributed by atoms with Crippen LogP contribution in [-0.4, -0.2) is 108 Å². The van der Waals surface area contributed by atoms with E-state index < -0.39 is 57.9 Å². The number of nitrogens with zero attached hydrogens (tertiary/aromatic N) is 6. The van der Waals surface area contributed by atoms with Crippen LogP contribution in [0.4, 0.5) is 42.1 Å². The van der Waals surface area contributed by atoms with Crippen molar-refractivity contribution < 1.29 is 45.3 Å². The minimum Gasteiger partial charge on any atom is -0.461 e. The van der Waals surface area contributed by atoms with Crippen LogP contribution in [-0.2, 0) is 15.7 Å². The first-order valence-electron chi connectivity index (χ1n) is 17.0. The van der Waals surface area contributed by atoms with Gasteiger partial charge in [-0.1, -0.05) is 11.3 Å². The number of nitrogens with two attached hydrogens (primary N) is 1. The molecular weight excluding hydrogens is 716 g/mol. The average molecular weight is 752 g/mol. The molecular formula is C34H35F6N7O4S. The Labute approximate surface area is 297 Å². The molecule has 18 heteroatoms. The van der Waals surface area contributed by atoms with Crippen LogP contribution in [0.5, 0.6) is 6.01 Å². The average Bonchev–Trinajstić information content (AvgIpc) is 3.84. The maximum atomic E-state index is 17.0. The highest BCUT2D eigenvalue weighted by Gasteiger charge is 2.50. The molecule has 4 aliphatic rings. The van der Waals surface area contributed by atoms with E-state index in [0.717, 1.165) is 36.0 Å². The normalized spacial score (nSPS) is 23.4. The maximum Gasteiger partial charge on any atom is 0.417 e. The summed E-state index contributed by atoms with van der Waals surface area (Å²) >= 11 is 0.736. The first kappa shape index (κ1) is 34.9. The van der Waals surface area contributed by atoms with Crippen LogP contribution in [0, 0.1) is 11.6 Å². The molecule has 0 bridgehead atoms. The standard InChI is InChI=1S/C34H35F6N7O4S/c1-49-12-11-46-16-33(51-31(46)48)6-9-45(10-7-33)28-20-13-21(34(38,39)40)23(19-3-4-22(36)27-26(19)42-29(41)52-27)24(37)25(20)43-30(44-28)50-17-32-5-2-8-47(32)15-18(35)14-32/h3-4,13,18H,2,5-12,14-17H2,1H3,(H2,41,42)/t18-,32+/m1/s1. The zero-order valence-electron chi connectivity index (χ0n) is 28.1. The van der Waals surface area contributed by atoms with Crippen molar-refractivity contribution in [1.29, 1.82) is 0 Å². The number of alkyl halides is 4. The number of amides is 1. The number of hydrogen-bond acceptors (Lipinski definition) is 11. The minimum atomic E-state index is -5.06.